The standard InChI is InChI=1S/C16H14Cl2O3/c1-9-7-13(20-2)14(21-3)8-10(9)16(19)15-11(17)5-4-6-12(15)18/h4-8H,1-3H3. The number of hydrogen-bond donors (Lipinski definition) is 0. The quantitative estimate of drug-likeness (QED) is 0.774. The van der Waals surface area contributed by atoms with Crippen LogP contribution in [0.1, 0.15) is 21.5 Å². The average molecular weight is 325 g/mol. The molecule has 0 aliphatic carbocycles. The van der Waals surface area contributed by atoms with Gasteiger partial charge in [0.15, 0.2) is 17.3 Å². The van der Waals surface area contributed by atoms with Crippen LogP contribution >= 0.6 is 23.2 Å². The summed E-state index contributed by atoms with van der Waals surface area (Å²) in [5, 5.41) is 0.642. The van der Waals surface area contributed by atoms with Gasteiger partial charge in [0.1, 0.15) is 0 Å². The zero-order chi connectivity index (χ0) is 15.6. The molecule has 2 aromatic rings. The normalized spacial score (nSPS) is 10.3. The molecular weight excluding hydrogens is 311 g/mol. The summed E-state index contributed by atoms with van der Waals surface area (Å²) >= 11 is 12.2. The molecule has 0 atom stereocenters. The largest absolute Gasteiger partial charge is 0.493 e. The molecule has 2 rings (SSSR count). The van der Waals surface area contributed by atoms with Crippen molar-refractivity contribution in [2.75, 3.05) is 14.2 Å². The highest BCUT2D eigenvalue weighted by atomic mass is 35.5. The van der Waals surface area contributed by atoms with Crippen molar-refractivity contribution in [1.29, 1.82) is 0 Å². The van der Waals surface area contributed by atoms with Crippen LogP contribution in [0.5, 0.6) is 11.5 Å². The lowest BCUT2D eigenvalue weighted by Crippen LogP contribution is -2.06. The molecule has 0 amide bonds. The Hall–Kier alpha value is -1.71. The molecule has 2 aromatic carbocycles. The second-order valence-electron chi connectivity index (χ2n) is 4.45. The Balaban J connectivity index is 2.59. The highest BCUT2D eigenvalue weighted by Gasteiger charge is 2.20. The molecule has 3 nitrogen and oxygen atoms in total. The monoisotopic (exact) mass is 324 g/mol. The summed E-state index contributed by atoms with van der Waals surface area (Å²) in [6.45, 7) is 1.82. The first kappa shape index (κ1) is 15.7. The smallest absolute Gasteiger partial charge is 0.196 e. The third-order valence-corrected chi connectivity index (χ3v) is 3.79. The van der Waals surface area contributed by atoms with Crippen LogP contribution < -0.4 is 9.47 Å². The summed E-state index contributed by atoms with van der Waals surface area (Å²) in [4.78, 5) is 12.7. The van der Waals surface area contributed by atoms with Crippen LogP contribution in [0.15, 0.2) is 30.3 Å². The van der Waals surface area contributed by atoms with E-state index in [4.69, 9.17) is 32.7 Å². The maximum atomic E-state index is 12.7. The van der Waals surface area contributed by atoms with Crippen molar-refractivity contribution in [2.24, 2.45) is 0 Å². The molecule has 0 saturated heterocycles. The summed E-state index contributed by atoms with van der Waals surface area (Å²) in [7, 11) is 3.06. The van der Waals surface area contributed by atoms with Crippen molar-refractivity contribution < 1.29 is 14.3 Å². The summed E-state index contributed by atoms with van der Waals surface area (Å²) in [5.41, 5.74) is 1.52. The van der Waals surface area contributed by atoms with Crippen LogP contribution in [0.3, 0.4) is 0 Å². The highest BCUT2D eigenvalue weighted by molar-refractivity contribution is 6.41. The van der Waals surface area contributed by atoms with Gasteiger partial charge in [-0.1, -0.05) is 29.3 Å². The van der Waals surface area contributed by atoms with Crippen molar-refractivity contribution in [2.45, 2.75) is 6.92 Å². The Morgan fingerprint density at radius 3 is 2.05 bits per heavy atom. The second-order valence-corrected chi connectivity index (χ2v) is 5.26. The molecular formula is C16H14Cl2O3. The minimum Gasteiger partial charge on any atom is -0.493 e. The van der Waals surface area contributed by atoms with E-state index in [1.807, 2.05) is 6.92 Å². The van der Waals surface area contributed by atoms with Crippen LogP contribution in [0, 0.1) is 6.92 Å². The zero-order valence-electron chi connectivity index (χ0n) is 11.9. The summed E-state index contributed by atoms with van der Waals surface area (Å²) in [6, 6.07) is 8.35. The third kappa shape index (κ3) is 2.99. The van der Waals surface area contributed by atoms with Gasteiger partial charge in [-0.25, -0.2) is 0 Å². The van der Waals surface area contributed by atoms with Crippen LogP contribution in [0.4, 0.5) is 0 Å². The van der Waals surface area contributed by atoms with E-state index in [0.717, 1.165) is 5.56 Å². The topological polar surface area (TPSA) is 35.5 Å². The first-order chi connectivity index (χ1) is 9.99. The van der Waals surface area contributed by atoms with E-state index in [1.54, 1.807) is 37.4 Å². The fourth-order valence-corrected chi connectivity index (χ4v) is 2.64. The molecule has 110 valence electrons. The summed E-state index contributed by atoms with van der Waals surface area (Å²) in [5.74, 6) is 0.801. The molecule has 0 aliphatic heterocycles. The van der Waals surface area contributed by atoms with Gasteiger partial charge in [-0.3, -0.25) is 4.79 Å². The predicted molar refractivity (Wildman–Crippen MR) is 84.2 cm³/mol. The molecule has 0 bridgehead atoms. The average Bonchev–Trinajstić information content (AvgIpc) is 2.46. The Labute approximate surface area is 133 Å². The highest BCUT2D eigenvalue weighted by Crippen LogP contribution is 2.33. The van der Waals surface area contributed by atoms with Crippen molar-refractivity contribution in [1.82, 2.24) is 0 Å². The Morgan fingerprint density at radius 1 is 1.00 bits per heavy atom. The molecule has 5 heteroatoms. The van der Waals surface area contributed by atoms with E-state index in [-0.39, 0.29) is 11.3 Å². The maximum Gasteiger partial charge on any atom is 0.196 e. The number of hydrogen-bond acceptors (Lipinski definition) is 3. The van der Waals surface area contributed by atoms with E-state index >= 15 is 0 Å². The first-order valence-electron chi connectivity index (χ1n) is 6.21. The first-order valence-corrected chi connectivity index (χ1v) is 6.96. The van der Waals surface area contributed by atoms with Gasteiger partial charge in [-0.15, -0.1) is 0 Å². The van der Waals surface area contributed by atoms with E-state index in [9.17, 15) is 4.79 Å². The molecule has 0 saturated carbocycles. The molecule has 0 radical (unpaired) electrons. The number of ketones is 1. The number of rotatable bonds is 4. The Bertz CT molecular complexity index is 676. The van der Waals surface area contributed by atoms with Gasteiger partial charge in [0.05, 0.1) is 29.8 Å². The number of methoxy groups -OCH3 is 2. The van der Waals surface area contributed by atoms with Crippen LogP contribution in [-0.2, 0) is 0 Å². The zero-order valence-corrected chi connectivity index (χ0v) is 13.4. The SMILES string of the molecule is COc1cc(C)c(C(=O)c2c(Cl)cccc2Cl)cc1OC. The van der Waals surface area contributed by atoms with Gasteiger partial charge >= 0.3 is 0 Å². The van der Waals surface area contributed by atoms with Crippen molar-refractivity contribution >= 4 is 29.0 Å². The van der Waals surface area contributed by atoms with Gasteiger partial charge in [0.2, 0.25) is 0 Å². The number of benzene rings is 2. The van der Waals surface area contributed by atoms with E-state index in [1.165, 1.54) is 7.11 Å². The fourth-order valence-electron chi connectivity index (χ4n) is 2.07. The van der Waals surface area contributed by atoms with Crippen LogP contribution in [0.2, 0.25) is 10.0 Å². The number of ether oxygens (including phenoxy) is 2. The number of carbonyl (C=O) groups is 1. The lowest BCUT2D eigenvalue weighted by atomic mass is 9.98. The third-order valence-electron chi connectivity index (χ3n) is 3.16. The minimum absolute atomic E-state index is 0.246. The van der Waals surface area contributed by atoms with Crippen LogP contribution in [-0.4, -0.2) is 20.0 Å². The van der Waals surface area contributed by atoms with Crippen molar-refractivity contribution in [3.8, 4) is 11.5 Å². The minimum atomic E-state index is -0.246. The van der Waals surface area contributed by atoms with Gasteiger partial charge in [0.25, 0.3) is 0 Å². The molecule has 0 spiro atoms. The van der Waals surface area contributed by atoms with Crippen molar-refractivity contribution in [3.63, 3.8) is 0 Å². The van der Waals surface area contributed by atoms with E-state index < -0.39 is 0 Å². The lowest BCUT2D eigenvalue weighted by molar-refractivity contribution is 0.103. The Morgan fingerprint density at radius 2 is 1.52 bits per heavy atom. The molecule has 0 aliphatic rings. The molecule has 0 N–H and O–H groups in total. The molecule has 0 unspecified atom stereocenters. The summed E-state index contributed by atoms with van der Waals surface area (Å²) < 4.78 is 10.5. The Kier molecular flexibility index (Phi) is 4.76. The van der Waals surface area contributed by atoms with Crippen molar-refractivity contribution in [3.05, 3.63) is 57.1 Å². The van der Waals surface area contributed by atoms with Crippen LogP contribution in [0.25, 0.3) is 0 Å². The molecule has 0 heterocycles. The molecule has 21 heavy (non-hydrogen) atoms. The van der Waals surface area contributed by atoms with Gasteiger partial charge in [-0.05, 0) is 36.8 Å². The maximum absolute atomic E-state index is 12.7. The molecule has 0 fully saturated rings. The van der Waals surface area contributed by atoms with E-state index in [0.29, 0.717) is 27.1 Å². The van der Waals surface area contributed by atoms with E-state index in [2.05, 4.69) is 0 Å². The van der Waals surface area contributed by atoms with Gasteiger partial charge in [-0.2, -0.15) is 0 Å². The van der Waals surface area contributed by atoms with Gasteiger partial charge in [0, 0.05) is 5.56 Å². The second kappa shape index (κ2) is 6.37. The predicted octanol–water partition coefficient (Wildman–Crippen LogP) is 4.55. The number of aryl methyl sites for hydroxylation is 1. The lowest BCUT2D eigenvalue weighted by Gasteiger charge is -2.13. The summed E-state index contributed by atoms with van der Waals surface area (Å²) in [6.07, 6.45) is 0. The number of carbonyl (C=O) groups excluding carboxylic acids is 1. The fraction of sp³-hybridized carbons (Fsp3) is 0.188. The van der Waals surface area contributed by atoms with Gasteiger partial charge < -0.3 is 9.47 Å². The number of halogens is 2. The molecule has 0 aromatic heterocycles.